The van der Waals surface area contributed by atoms with Crippen molar-refractivity contribution < 1.29 is 0 Å². The maximum atomic E-state index is 4.05. The minimum atomic E-state index is 0.572. The molecular weight excluding hydrogens is 210 g/mol. The fraction of sp³-hybridized carbons (Fsp3) is 0.643. The molecule has 96 valence electrons. The van der Waals surface area contributed by atoms with Gasteiger partial charge in [-0.1, -0.05) is 20.8 Å². The van der Waals surface area contributed by atoms with E-state index in [9.17, 15) is 0 Å². The Bertz CT molecular complexity index is 298. The van der Waals surface area contributed by atoms with E-state index in [2.05, 4.69) is 55.2 Å². The van der Waals surface area contributed by atoms with Crippen molar-refractivity contribution in [3.63, 3.8) is 0 Å². The van der Waals surface area contributed by atoms with Gasteiger partial charge in [-0.15, -0.1) is 0 Å². The van der Waals surface area contributed by atoms with Gasteiger partial charge in [0.15, 0.2) is 0 Å². The highest BCUT2D eigenvalue weighted by atomic mass is 15.1. The Hall–Kier alpha value is -0.930. The van der Waals surface area contributed by atoms with Gasteiger partial charge in [0.25, 0.3) is 0 Å². The van der Waals surface area contributed by atoms with Crippen LogP contribution in [0.15, 0.2) is 24.5 Å². The molecule has 1 aromatic rings. The van der Waals surface area contributed by atoms with Gasteiger partial charge in [0, 0.05) is 31.5 Å². The van der Waals surface area contributed by atoms with E-state index < -0.39 is 0 Å². The number of hydrogen-bond donors (Lipinski definition) is 1. The summed E-state index contributed by atoms with van der Waals surface area (Å²) in [5.41, 5.74) is 1.32. The summed E-state index contributed by atoms with van der Waals surface area (Å²) in [5, 5.41) is 3.44. The van der Waals surface area contributed by atoms with Crippen LogP contribution in [0.3, 0.4) is 0 Å². The van der Waals surface area contributed by atoms with Crippen LogP contribution in [0, 0.1) is 5.92 Å². The summed E-state index contributed by atoms with van der Waals surface area (Å²) in [6.07, 6.45) is 3.72. The Labute approximate surface area is 105 Å². The Morgan fingerprint density at radius 3 is 2.47 bits per heavy atom. The SMILES string of the molecule is CCNCC(C(C)C)N(C)Cc1ccncc1. The van der Waals surface area contributed by atoms with Crippen LogP contribution in [0.1, 0.15) is 26.3 Å². The molecular formula is C14H25N3. The third kappa shape index (κ3) is 4.84. The molecule has 0 bridgehead atoms. The molecule has 0 fully saturated rings. The van der Waals surface area contributed by atoms with E-state index in [1.54, 1.807) is 0 Å². The monoisotopic (exact) mass is 235 g/mol. The number of pyridine rings is 1. The number of aromatic nitrogens is 1. The van der Waals surface area contributed by atoms with Crippen LogP contribution in [-0.4, -0.2) is 36.1 Å². The summed E-state index contributed by atoms with van der Waals surface area (Å²) >= 11 is 0. The normalized spacial score (nSPS) is 13.3. The molecule has 1 aromatic heterocycles. The Morgan fingerprint density at radius 1 is 1.29 bits per heavy atom. The molecule has 0 amide bonds. The summed E-state index contributed by atoms with van der Waals surface area (Å²) in [6.45, 7) is 9.79. The van der Waals surface area contributed by atoms with Gasteiger partial charge >= 0.3 is 0 Å². The lowest BCUT2D eigenvalue weighted by molar-refractivity contribution is 0.180. The maximum absolute atomic E-state index is 4.05. The lowest BCUT2D eigenvalue weighted by atomic mass is 10.0. The second kappa shape index (κ2) is 7.41. The fourth-order valence-electron chi connectivity index (χ4n) is 2.09. The number of nitrogens with zero attached hydrogens (tertiary/aromatic N) is 2. The van der Waals surface area contributed by atoms with Crippen LogP contribution in [0.25, 0.3) is 0 Å². The van der Waals surface area contributed by atoms with Crippen LogP contribution >= 0.6 is 0 Å². The maximum Gasteiger partial charge on any atom is 0.0271 e. The van der Waals surface area contributed by atoms with Gasteiger partial charge in [0.1, 0.15) is 0 Å². The highest BCUT2D eigenvalue weighted by Crippen LogP contribution is 2.12. The van der Waals surface area contributed by atoms with E-state index in [0.29, 0.717) is 12.0 Å². The van der Waals surface area contributed by atoms with Crippen LogP contribution in [0.4, 0.5) is 0 Å². The molecule has 0 saturated heterocycles. The highest BCUT2D eigenvalue weighted by Gasteiger charge is 2.17. The number of rotatable bonds is 7. The molecule has 0 spiro atoms. The first-order valence-corrected chi connectivity index (χ1v) is 6.45. The van der Waals surface area contributed by atoms with E-state index in [1.165, 1.54) is 5.56 Å². The molecule has 0 aliphatic carbocycles. The molecule has 1 N–H and O–H groups in total. The molecule has 0 saturated carbocycles. The molecule has 1 atom stereocenters. The van der Waals surface area contributed by atoms with E-state index in [1.807, 2.05) is 12.4 Å². The summed E-state index contributed by atoms with van der Waals surface area (Å²) in [4.78, 5) is 6.47. The van der Waals surface area contributed by atoms with Gasteiger partial charge in [0.2, 0.25) is 0 Å². The molecule has 17 heavy (non-hydrogen) atoms. The molecule has 0 aliphatic rings. The zero-order valence-corrected chi connectivity index (χ0v) is 11.5. The molecule has 0 aromatic carbocycles. The molecule has 0 radical (unpaired) electrons. The van der Waals surface area contributed by atoms with Crippen LogP contribution in [-0.2, 0) is 6.54 Å². The zero-order chi connectivity index (χ0) is 12.7. The summed E-state index contributed by atoms with van der Waals surface area (Å²) < 4.78 is 0. The van der Waals surface area contributed by atoms with Gasteiger partial charge in [-0.05, 0) is 37.2 Å². The molecule has 3 nitrogen and oxygen atoms in total. The Morgan fingerprint density at radius 2 is 1.94 bits per heavy atom. The molecule has 1 heterocycles. The van der Waals surface area contributed by atoms with E-state index in [-0.39, 0.29) is 0 Å². The van der Waals surface area contributed by atoms with E-state index in [4.69, 9.17) is 0 Å². The second-order valence-electron chi connectivity index (χ2n) is 4.89. The van der Waals surface area contributed by atoms with Crippen LogP contribution in [0.2, 0.25) is 0 Å². The lowest BCUT2D eigenvalue weighted by Gasteiger charge is -2.31. The average molecular weight is 235 g/mol. The van der Waals surface area contributed by atoms with Gasteiger partial charge < -0.3 is 5.32 Å². The van der Waals surface area contributed by atoms with Gasteiger partial charge in [-0.2, -0.15) is 0 Å². The molecule has 1 unspecified atom stereocenters. The standard InChI is InChI=1S/C14H25N3/c1-5-15-10-14(12(2)3)17(4)11-13-6-8-16-9-7-13/h6-9,12,14-15H,5,10-11H2,1-4H3. The predicted octanol–water partition coefficient (Wildman–Crippen LogP) is 2.15. The van der Waals surface area contributed by atoms with Gasteiger partial charge in [-0.25, -0.2) is 0 Å². The number of likely N-dealkylation sites (N-methyl/N-ethyl adjacent to an activating group) is 2. The number of nitrogens with one attached hydrogen (secondary N) is 1. The van der Waals surface area contributed by atoms with Gasteiger partial charge in [0.05, 0.1) is 0 Å². The smallest absolute Gasteiger partial charge is 0.0271 e. The first kappa shape index (κ1) is 14.1. The quantitative estimate of drug-likeness (QED) is 0.785. The van der Waals surface area contributed by atoms with Crippen LogP contribution in [0.5, 0.6) is 0 Å². The zero-order valence-electron chi connectivity index (χ0n) is 11.5. The van der Waals surface area contributed by atoms with Crippen molar-refractivity contribution in [2.75, 3.05) is 20.1 Å². The first-order chi connectivity index (χ1) is 8.15. The average Bonchev–Trinajstić information content (AvgIpc) is 2.30. The number of hydrogen-bond acceptors (Lipinski definition) is 3. The molecule has 1 rings (SSSR count). The molecule has 3 heteroatoms. The van der Waals surface area contributed by atoms with E-state index >= 15 is 0 Å². The lowest BCUT2D eigenvalue weighted by Crippen LogP contribution is -2.43. The minimum Gasteiger partial charge on any atom is -0.315 e. The summed E-state index contributed by atoms with van der Waals surface area (Å²) in [5.74, 6) is 0.654. The Balaban J connectivity index is 2.55. The van der Waals surface area contributed by atoms with Crippen molar-refractivity contribution in [2.24, 2.45) is 5.92 Å². The van der Waals surface area contributed by atoms with Crippen molar-refractivity contribution in [3.8, 4) is 0 Å². The van der Waals surface area contributed by atoms with E-state index in [0.717, 1.165) is 19.6 Å². The summed E-state index contributed by atoms with van der Waals surface area (Å²) in [6, 6.07) is 4.74. The third-order valence-electron chi connectivity index (χ3n) is 3.12. The molecule has 0 aliphatic heterocycles. The third-order valence-corrected chi connectivity index (χ3v) is 3.12. The highest BCUT2D eigenvalue weighted by molar-refractivity contribution is 5.09. The topological polar surface area (TPSA) is 28.2 Å². The van der Waals surface area contributed by atoms with Crippen LogP contribution < -0.4 is 5.32 Å². The van der Waals surface area contributed by atoms with Crippen molar-refractivity contribution in [3.05, 3.63) is 30.1 Å². The van der Waals surface area contributed by atoms with Crippen molar-refractivity contribution >= 4 is 0 Å². The largest absolute Gasteiger partial charge is 0.315 e. The second-order valence-corrected chi connectivity index (χ2v) is 4.89. The Kier molecular flexibility index (Phi) is 6.16. The van der Waals surface area contributed by atoms with Crippen molar-refractivity contribution in [1.29, 1.82) is 0 Å². The predicted molar refractivity (Wildman–Crippen MR) is 72.9 cm³/mol. The minimum absolute atomic E-state index is 0.572. The van der Waals surface area contributed by atoms with Crippen molar-refractivity contribution in [1.82, 2.24) is 15.2 Å². The van der Waals surface area contributed by atoms with Gasteiger partial charge in [-0.3, -0.25) is 9.88 Å². The van der Waals surface area contributed by atoms with Crippen molar-refractivity contribution in [2.45, 2.75) is 33.4 Å². The fourth-order valence-corrected chi connectivity index (χ4v) is 2.09. The summed E-state index contributed by atoms with van der Waals surface area (Å²) in [7, 11) is 2.20. The first-order valence-electron chi connectivity index (χ1n) is 6.45.